The number of imidazole rings is 1. The van der Waals surface area contributed by atoms with Crippen LogP contribution in [0.2, 0.25) is 0 Å². The zero-order chi connectivity index (χ0) is 13.7. The topological polar surface area (TPSA) is 71.8 Å². The molecule has 20 heavy (non-hydrogen) atoms. The molecule has 5 nitrogen and oxygen atoms in total. The first-order chi connectivity index (χ1) is 9.74. The molecule has 0 aliphatic carbocycles. The van der Waals surface area contributed by atoms with Crippen molar-refractivity contribution in [2.24, 2.45) is 0 Å². The van der Waals surface area contributed by atoms with Gasteiger partial charge in [-0.2, -0.15) is 0 Å². The fourth-order valence-electron chi connectivity index (χ4n) is 2.63. The third kappa shape index (κ3) is 1.40. The molecular formula is C15H9N3O2. The molecule has 0 aliphatic heterocycles. The fourth-order valence-corrected chi connectivity index (χ4v) is 2.63. The van der Waals surface area contributed by atoms with Crippen LogP contribution in [-0.2, 0) is 0 Å². The fraction of sp³-hybridized carbons (Fsp3) is 0. The van der Waals surface area contributed by atoms with Crippen molar-refractivity contribution in [2.75, 3.05) is 0 Å². The molecule has 3 aromatic carbocycles. The van der Waals surface area contributed by atoms with Crippen LogP contribution in [0.15, 0.2) is 48.5 Å². The Labute approximate surface area is 113 Å². The summed E-state index contributed by atoms with van der Waals surface area (Å²) in [5.74, 6) is -0.222. The third-order valence-electron chi connectivity index (χ3n) is 3.53. The summed E-state index contributed by atoms with van der Waals surface area (Å²) in [6.07, 6.45) is 0. The predicted octanol–water partition coefficient (Wildman–Crippen LogP) is 3.78. The molecule has 0 unspecified atom stereocenters. The van der Waals surface area contributed by atoms with Crippen molar-refractivity contribution in [3.63, 3.8) is 0 Å². The van der Waals surface area contributed by atoms with Crippen LogP contribution < -0.4 is 0 Å². The third-order valence-corrected chi connectivity index (χ3v) is 3.53. The van der Waals surface area contributed by atoms with Crippen molar-refractivity contribution in [3.05, 3.63) is 58.6 Å². The van der Waals surface area contributed by atoms with Crippen LogP contribution in [0.3, 0.4) is 0 Å². The van der Waals surface area contributed by atoms with Gasteiger partial charge in [0, 0.05) is 5.39 Å². The number of hydrogen-bond acceptors (Lipinski definition) is 3. The summed E-state index contributed by atoms with van der Waals surface area (Å²) >= 11 is 0. The Morgan fingerprint density at radius 3 is 2.60 bits per heavy atom. The summed E-state index contributed by atoms with van der Waals surface area (Å²) < 4.78 is 0. The van der Waals surface area contributed by atoms with Gasteiger partial charge < -0.3 is 10.1 Å². The SMILES string of the molecule is O=[N+]([O-])c1nc2c(ccc3c4ccccc4ccc32)[nH]1. The molecule has 96 valence electrons. The highest BCUT2D eigenvalue weighted by Crippen LogP contribution is 2.30. The van der Waals surface area contributed by atoms with E-state index in [0.29, 0.717) is 11.0 Å². The zero-order valence-electron chi connectivity index (χ0n) is 10.3. The summed E-state index contributed by atoms with van der Waals surface area (Å²) in [6, 6.07) is 15.9. The molecule has 0 atom stereocenters. The van der Waals surface area contributed by atoms with Crippen molar-refractivity contribution < 1.29 is 4.92 Å². The molecule has 0 spiro atoms. The van der Waals surface area contributed by atoms with E-state index in [4.69, 9.17) is 0 Å². The average Bonchev–Trinajstić information content (AvgIpc) is 2.91. The van der Waals surface area contributed by atoms with Crippen molar-refractivity contribution >= 4 is 38.5 Å². The molecule has 1 aromatic heterocycles. The molecule has 0 saturated carbocycles. The van der Waals surface area contributed by atoms with Gasteiger partial charge in [0.05, 0.1) is 0 Å². The van der Waals surface area contributed by atoms with E-state index in [1.165, 1.54) is 0 Å². The Morgan fingerprint density at radius 1 is 0.950 bits per heavy atom. The van der Waals surface area contributed by atoms with E-state index in [-0.39, 0.29) is 5.95 Å². The quantitative estimate of drug-likeness (QED) is 0.322. The lowest BCUT2D eigenvalue weighted by Crippen LogP contribution is -1.88. The van der Waals surface area contributed by atoms with Crippen molar-refractivity contribution in [3.8, 4) is 0 Å². The van der Waals surface area contributed by atoms with E-state index in [1.807, 2.05) is 48.5 Å². The van der Waals surface area contributed by atoms with Crippen LogP contribution >= 0.6 is 0 Å². The van der Waals surface area contributed by atoms with Gasteiger partial charge in [-0.25, -0.2) is 4.98 Å². The van der Waals surface area contributed by atoms with Crippen molar-refractivity contribution in [2.45, 2.75) is 0 Å². The highest BCUT2D eigenvalue weighted by molar-refractivity contribution is 6.15. The second kappa shape index (κ2) is 3.77. The van der Waals surface area contributed by atoms with E-state index < -0.39 is 4.92 Å². The van der Waals surface area contributed by atoms with Gasteiger partial charge in [0.25, 0.3) is 0 Å². The van der Waals surface area contributed by atoms with Gasteiger partial charge in [0.15, 0.2) is 5.52 Å². The Balaban J connectivity index is 2.19. The molecule has 1 heterocycles. The predicted molar refractivity (Wildman–Crippen MR) is 77.8 cm³/mol. The smallest absolute Gasteiger partial charge is 0.390 e. The molecule has 0 amide bonds. The second-order valence-electron chi connectivity index (χ2n) is 4.66. The molecule has 0 radical (unpaired) electrons. The largest absolute Gasteiger partial charge is 0.433 e. The van der Waals surface area contributed by atoms with Gasteiger partial charge in [-0.15, -0.1) is 0 Å². The summed E-state index contributed by atoms with van der Waals surface area (Å²) in [7, 11) is 0. The van der Waals surface area contributed by atoms with Gasteiger partial charge in [-0.3, -0.25) is 0 Å². The van der Waals surface area contributed by atoms with Crippen molar-refractivity contribution in [1.29, 1.82) is 0 Å². The molecule has 1 N–H and O–H groups in total. The molecule has 0 bridgehead atoms. The van der Waals surface area contributed by atoms with Gasteiger partial charge in [0.2, 0.25) is 0 Å². The number of fused-ring (bicyclic) bond motifs is 5. The van der Waals surface area contributed by atoms with E-state index in [2.05, 4.69) is 9.97 Å². The lowest BCUT2D eigenvalue weighted by molar-refractivity contribution is -0.393. The number of H-pyrrole nitrogens is 1. The maximum absolute atomic E-state index is 10.8. The number of aromatic nitrogens is 2. The first-order valence-corrected chi connectivity index (χ1v) is 6.18. The lowest BCUT2D eigenvalue weighted by Gasteiger charge is -2.02. The van der Waals surface area contributed by atoms with Crippen LogP contribution in [-0.4, -0.2) is 14.9 Å². The standard InChI is InChI=1S/C15H9N3O2/c19-18(20)15-16-13-8-7-11-10-4-2-1-3-9(10)5-6-12(11)14(13)17-15/h1-8H,(H,16,17). The van der Waals surface area contributed by atoms with E-state index in [9.17, 15) is 10.1 Å². The monoisotopic (exact) mass is 263 g/mol. The molecule has 4 aromatic rings. The Kier molecular flexibility index (Phi) is 2.06. The zero-order valence-corrected chi connectivity index (χ0v) is 10.3. The van der Waals surface area contributed by atoms with E-state index in [0.717, 1.165) is 21.5 Å². The molecule has 0 fully saturated rings. The van der Waals surface area contributed by atoms with Crippen LogP contribution in [0, 0.1) is 10.1 Å². The maximum Gasteiger partial charge on any atom is 0.433 e. The minimum Gasteiger partial charge on any atom is -0.390 e. The van der Waals surface area contributed by atoms with E-state index in [1.54, 1.807) is 0 Å². The number of benzene rings is 3. The number of nitro groups is 1. The molecule has 0 saturated heterocycles. The Hall–Kier alpha value is -2.95. The molecular weight excluding hydrogens is 254 g/mol. The van der Waals surface area contributed by atoms with Crippen molar-refractivity contribution in [1.82, 2.24) is 9.97 Å². The van der Waals surface area contributed by atoms with Crippen LogP contribution in [0.1, 0.15) is 0 Å². The summed E-state index contributed by atoms with van der Waals surface area (Å²) in [6.45, 7) is 0. The van der Waals surface area contributed by atoms with Gasteiger partial charge in [-0.05, 0) is 33.2 Å². The number of nitrogens with one attached hydrogen (secondary N) is 1. The van der Waals surface area contributed by atoms with Crippen LogP contribution in [0.5, 0.6) is 0 Å². The summed E-state index contributed by atoms with van der Waals surface area (Å²) in [5, 5.41) is 15.1. The maximum atomic E-state index is 10.8. The number of hydrogen-bond donors (Lipinski definition) is 1. The van der Waals surface area contributed by atoms with Crippen LogP contribution in [0.25, 0.3) is 32.6 Å². The van der Waals surface area contributed by atoms with Gasteiger partial charge in [0.1, 0.15) is 5.52 Å². The summed E-state index contributed by atoms with van der Waals surface area (Å²) in [4.78, 5) is 17.1. The molecule has 0 aliphatic rings. The van der Waals surface area contributed by atoms with Crippen LogP contribution in [0.4, 0.5) is 5.95 Å². The number of aromatic amines is 1. The minimum absolute atomic E-state index is 0.222. The van der Waals surface area contributed by atoms with E-state index >= 15 is 0 Å². The molecule has 4 rings (SSSR count). The number of nitrogens with zero attached hydrogens (tertiary/aromatic N) is 2. The first kappa shape index (κ1) is 10.9. The van der Waals surface area contributed by atoms with Gasteiger partial charge in [-0.1, -0.05) is 41.4 Å². The minimum atomic E-state index is -0.507. The second-order valence-corrected chi connectivity index (χ2v) is 4.66. The number of rotatable bonds is 1. The average molecular weight is 263 g/mol. The highest BCUT2D eigenvalue weighted by Gasteiger charge is 2.16. The normalized spacial score (nSPS) is 11.4. The summed E-state index contributed by atoms with van der Waals surface area (Å²) in [5.41, 5.74) is 1.32. The Morgan fingerprint density at radius 2 is 1.75 bits per heavy atom. The Bertz CT molecular complexity index is 988. The molecule has 5 heteroatoms. The first-order valence-electron chi connectivity index (χ1n) is 6.18. The van der Waals surface area contributed by atoms with Gasteiger partial charge >= 0.3 is 5.95 Å². The lowest BCUT2D eigenvalue weighted by atomic mass is 10.0. The highest BCUT2D eigenvalue weighted by atomic mass is 16.6.